The smallest absolute Gasteiger partial charge is 0.163 e. The first-order valence-electron chi connectivity index (χ1n) is 10.2. The maximum atomic E-state index is 10.9. The Morgan fingerprint density at radius 2 is 1.47 bits per heavy atom. The van der Waals surface area contributed by atoms with Crippen LogP contribution in [0, 0.1) is 0 Å². The Morgan fingerprint density at radius 1 is 0.767 bits per heavy atom. The lowest BCUT2D eigenvalue weighted by atomic mass is 9.99. The summed E-state index contributed by atoms with van der Waals surface area (Å²) in [7, 11) is 0. The van der Waals surface area contributed by atoms with Crippen LogP contribution in [-0.2, 0) is 4.74 Å². The first kappa shape index (κ1) is 17.9. The van der Waals surface area contributed by atoms with E-state index < -0.39 is 30.6 Å². The lowest BCUT2D eigenvalue weighted by Crippen LogP contribution is -2.54. The molecule has 6 nitrogen and oxygen atoms in total. The summed E-state index contributed by atoms with van der Waals surface area (Å²) in [6.07, 6.45) is -5.16. The summed E-state index contributed by atoms with van der Waals surface area (Å²) < 4.78 is 8.01. The van der Waals surface area contributed by atoms with Gasteiger partial charge in [0.05, 0.1) is 22.7 Å². The van der Waals surface area contributed by atoms with Gasteiger partial charge in [-0.05, 0) is 19.1 Å². The minimum absolute atomic E-state index is 0.619. The normalized spacial score (nSPS) is 27.5. The van der Waals surface area contributed by atoms with Crippen molar-refractivity contribution in [2.75, 3.05) is 0 Å². The maximum absolute atomic E-state index is 10.9. The third-order valence-electron chi connectivity index (χ3n) is 6.43. The Bertz CT molecular complexity index is 1420. The molecule has 0 spiro atoms. The van der Waals surface area contributed by atoms with E-state index in [1.54, 1.807) is 6.92 Å². The van der Waals surface area contributed by atoms with Crippen LogP contribution in [0.2, 0.25) is 0 Å². The molecule has 2 aromatic heterocycles. The average molecular weight is 402 g/mol. The van der Waals surface area contributed by atoms with Crippen LogP contribution in [0.25, 0.3) is 43.6 Å². The number of fused-ring (bicyclic) bond motifs is 7. The van der Waals surface area contributed by atoms with E-state index in [1.165, 1.54) is 0 Å². The van der Waals surface area contributed by atoms with Crippen LogP contribution in [0.3, 0.4) is 0 Å². The van der Waals surface area contributed by atoms with E-state index in [-0.39, 0.29) is 0 Å². The van der Waals surface area contributed by atoms with Gasteiger partial charge in [-0.15, -0.1) is 0 Å². The highest BCUT2D eigenvalue weighted by atomic mass is 16.5. The van der Waals surface area contributed by atoms with Crippen molar-refractivity contribution < 1.29 is 20.1 Å². The van der Waals surface area contributed by atoms with Gasteiger partial charge in [-0.1, -0.05) is 48.5 Å². The van der Waals surface area contributed by atoms with Gasteiger partial charge in [0.2, 0.25) is 0 Å². The van der Waals surface area contributed by atoms with Gasteiger partial charge >= 0.3 is 0 Å². The first-order valence-corrected chi connectivity index (χ1v) is 10.2. The Morgan fingerprint density at radius 3 is 2.30 bits per heavy atom. The minimum Gasteiger partial charge on any atom is -0.388 e. The molecule has 30 heavy (non-hydrogen) atoms. The Labute approximate surface area is 171 Å². The Hall–Kier alpha value is -2.90. The van der Waals surface area contributed by atoms with Gasteiger partial charge in [0.1, 0.15) is 18.3 Å². The third-order valence-corrected chi connectivity index (χ3v) is 6.43. The molecule has 3 heterocycles. The van der Waals surface area contributed by atoms with Crippen molar-refractivity contribution in [2.45, 2.75) is 37.6 Å². The molecule has 6 heteroatoms. The van der Waals surface area contributed by atoms with Gasteiger partial charge in [0.15, 0.2) is 6.23 Å². The monoisotopic (exact) mass is 402 g/mol. The molecule has 0 radical (unpaired) electrons. The minimum atomic E-state index is -1.29. The number of benzene rings is 3. The van der Waals surface area contributed by atoms with Crippen LogP contribution in [0.15, 0.2) is 60.7 Å². The molecule has 0 saturated carbocycles. The molecule has 0 aliphatic carbocycles. The molecular weight excluding hydrogens is 380 g/mol. The molecule has 1 saturated heterocycles. The van der Waals surface area contributed by atoms with Gasteiger partial charge in [-0.2, -0.15) is 0 Å². The lowest BCUT2D eigenvalue weighted by molar-refractivity contribution is -0.238. The number of para-hydroxylation sites is 2. The van der Waals surface area contributed by atoms with E-state index >= 15 is 0 Å². The second kappa shape index (κ2) is 6.30. The molecule has 4 N–H and O–H groups in total. The molecule has 5 atom stereocenters. The quantitative estimate of drug-likeness (QED) is 0.346. The SMILES string of the molecule is C[C@H]1O[C@@H](n2c3ccccc3c3ccc4c5ccccc5[nH]c4c32)[C@H](O)[C@@H](O)[C@@H]1O. The molecule has 0 amide bonds. The van der Waals surface area contributed by atoms with Gasteiger partial charge in [0.25, 0.3) is 0 Å². The zero-order valence-corrected chi connectivity index (χ0v) is 16.4. The van der Waals surface area contributed by atoms with Crippen molar-refractivity contribution in [1.29, 1.82) is 0 Å². The molecule has 6 rings (SSSR count). The van der Waals surface area contributed by atoms with Crippen molar-refractivity contribution in [3.63, 3.8) is 0 Å². The van der Waals surface area contributed by atoms with E-state index in [0.717, 1.165) is 43.6 Å². The summed E-state index contributed by atoms with van der Waals surface area (Å²) in [5, 5.41) is 35.8. The van der Waals surface area contributed by atoms with Crippen LogP contribution in [0.1, 0.15) is 13.2 Å². The van der Waals surface area contributed by atoms with Crippen molar-refractivity contribution in [3.8, 4) is 0 Å². The predicted molar refractivity (Wildman–Crippen MR) is 116 cm³/mol. The second-order valence-electron chi connectivity index (χ2n) is 8.15. The summed E-state index contributed by atoms with van der Waals surface area (Å²) >= 11 is 0. The summed E-state index contributed by atoms with van der Waals surface area (Å²) in [6.45, 7) is 1.71. The number of aliphatic hydroxyl groups is 3. The van der Waals surface area contributed by atoms with Crippen LogP contribution >= 0.6 is 0 Å². The predicted octanol–water partition coefficient (Wildman–Crippen LogP) is 3.43. The van der Waals surface area contributed by atoms with Crippen LogP contribution in [0.5, 0.6) is 0 Å². The molecule has 3 aromatic carbocycles. The van der Waals surface area contributed by atoms with E-state index in [2.05, 4.69) is 23.2 Å². The number of aliphatic hydroxyl groups excluding tert-OH is 3. The number of nitrogens with zero attached hydrogens (tertiary/aromatic N) is 1. The molecule has 1 aliphatic heterocycles. The molecule has 1 aliphatic rings. The summed E-state index contributed by atoms with van der Waals surface area (Å²) in [5.74, 6) is 0. The van der Waals surface area contributed by atoms with Crippen LogP contribution in [0.4, 0.5) is 0 Å². The summed E-state index contributed by atoms with van der Waals surface area (Å²) in [6, 6.07) is 20.3. The highest BCUT2D eigenvalue weighted by Gasteiger charge is 2.43. The Balaban J connectivity index is 1.75. The van der Waals surface area contributed by atoms with E-state index in [1.807, 2.05) is 47.0 Å². The topological polar surface area (TPSA) is 90.6 Å². The molecule has 0 unspecified atom stereocenters. The highest BCUT2D eigenvalue weighted by Crippen LogP contribution is 2.41. The first-order chi connectivity index (χ1) is 14.6. The highest BCUT2D eigenvalue weighted by molar-refractivity contribution is 6.22. The summed E-state index contributed by atoms with van der Waals surface area (Å²) in [5.41, 5.74) is 3.79. The standard InChI is InChI=1S/C24H22N2O4/c1-12-21(27)22(28)23(29)24(30-12)26-18-9-5-3-7-14(18)16-11-10-15-13-6-2-4-8-17(13)25-19(15)20(16)26/h2-12,21-25,27-29H,1H3/t12-,21-,22+,23-,24-/m1/s1. The fourth-order valence-electron chi connectivity index (χ4n) is 4.91. The molecule has 1 fully saturated rings. The number of ether oxygens (including phenoxy) is 1. The van der Waals surface area contributed by atoms with Gasteiger partial charge in [-0.25, -0.2) is 0 Å². The fourth-order valence-corrected chi connectivity index (χ4v) is 4.91. The zero-order valence-electron chi connectivity index (χ0n) is 16.4. The average Bonchev–Trinajstić information content (AvgIpc) is 3.31. The number of nitrogens with one attached hydrogen (secondary N) is 1. The van der Waals surface area contributed by atoms with Gasteiger partial charge in [0, 0.05) is 27.1 Å². The Kier molecular flexibility index (Phi) is 3.76. The van der Waals surface area contributed by atoms with Crippen LogP contribution < -0.4 is 0 Å². The number of aromatic amines is 1. The fraction of sp³-hybridized carbons (Fsp3) is 0.250. The van der Waals surface area contributed by atoms with Crippen molar-refractivity contribution in [1.82, 2.24) is 9.55 Å². The van der Waals surface area contributed by atoms with Gasteiger partial charge in [-0.3, -0.25) is 0 Å². The molecule has 0 bridgehead atoms. The number of hydrogen-bond acceptors (Lipinski definition) is 4. The van der Waals surface area contributed by atoms with Crippen LogP contribution in [-0.4, -0.2) is 49.3 Å². The number of hydrogen-bond donors (Lipinski definition) is 4. The molecule has 5 aromatic rings. The molecule has 152 valence electrons. The van der Waals surface area contributed by atoms with Crippen molar-refractivity contribution in [2.24, 2.45) is 0 Å². The molecular formula is C24H22N2O4. The van der Waals surface area contributed by atoms with Crippen molar-refractivity contribution >= 4 is 43.6 Å². The van der Waals surface area contributed by atoms with Crippen molar-refractivity contribution in [3.05, 3.63) is 60.7 Å². The summed E-state index contributed by atoms with van der Waals surface area (Å²) in [4.78, 5) is 3.54. The second-order valence-corrected chi connectivity index (χ2v) is 8.15. The maximum Gasteiger partial charge on any atom is 0.163 e. The van der Waals surface area contributed by atoms with Gasteiger partial charge < -0.3 is 29.6 Å². The number of aromatic nitrogens is 2. The number of H-pyrrole nitrogens is 1. The zero-order chi connectivity index (χ0) is 20.6. The third kappa shape index (κ3) is 2.27. The van der Waals surface area contributed by atoms with E-state index in [4.69, 9.17) is 4.74 Å². The lowest BCUT2D eigenvalue weighted by Gasteiger charge is -2.40. The van der Waals surface area contributed by atoms with E-state index in [9.17, 15) is 15.3 Å². The number of rotatable bonds is 1. The van der Waals surface area contributed by atoms with E-state index in [0.29, 0.717) is 0 Å². The largest absolute Gasteiger partial charge is 0.388 e.